The zero-order chi connectivity index (χ0) is 15.0. The first kappa shape index (κ1) is 14.4. The van der Waals surface area contributed by atoms with Crippen molar-refractivity contribution >= 4 is 39.1 Å². The van der Waals surface area contributed by atoms with E-state index < -0.39 is 5.92 Å². The zero-order valence-corrected chi connectivity index (χ0v) is 13.2. The lowest BCUT2D eigenvalue weighted by Gasteiger charge is -2.29. The smallest absolute Gasteiger partial charge is 0.234 e. The summed E-state index contributed by atoms with van der Waals surface area (Å²) in [6, 6.07) is 9.69. The minimum atomic E-state index is -0.478. The second-order valence-corrected chi connectivity index (χ2v) is 7.39. The van der Waals surface area contributed by atoms with Crippen molar-refractivity contribution in [3.05, 3.63) is 56.4 Å². The highest BCUT2D eigenvalue weighted by Crippen LogP contribution is 2.42. The van der Waals surface area contributed by atoms with Crippen molar-refractivity contribution in [1.82, 2.24) is 5.32 Å². The minimum absolute atomic E-state index is 0.215. The lowest BCUT2D eigenvalue weighted by molar-refractivity contribution is -0.135. The molecule has 2 aromatic rings. The molecule has 108 valence electrons. The highest BCUT2D eigenvalue weighted by Gasteiger charge is 2.38. The molecule has 1 aromatic carbocycles. The first-order chi connectivity index (χ1) is 10.0. The summed E-state index contributed by atoms with van der Waals surface area (Å²) in [5.74, 6) is -1.64. The zero-order valence-electron chi connectivity index (χ0n) is 10.8. The van der Waals surface area contributed by atoms with Crippen molar-refractivity contribution in [2.75, 3.05) is 0 Å². The molecule has 0 saturated carbocycles. The van der Waals surface area contributed by atoms with E-state index in [-0.39, 0.29) is 30.0 Å². The van der Waals surface area contributed by atoms with Crippen LogP contribution in [0.25, 0.3) is 0 Å². The van der Waals surface area contributed by atoms with Gasteiger partial charge in [-0.15, -0.1) is 11.3 Å². The number of halogens is 2. The van der Waals surface area contributed by atoms with Crippen LogP contribution in [0.3, 0.4) is 0 Å². The highest BCUT2D eigenvalue weighted by molar-refractivity contribution is 9.11. The molecule has 21 heavy (non-hydrogen) atoms. The van der Waals surface area contributed by atoms with Crippen LogP contribution in [0.1, 0.15) is 28.7 Å². The average molecular weight is 368 g/mol. The summed E-state index contributed by atoms with van der Waals surface area (Å²) >= 11 is 4.91. The van der Waals surface area contributed by atoms with E-state index in [1.807, 2.05) is 12.1 Å². The van der Waals surface area contributed by atoms with Crippen molar-refractivity contribution in [2.45, 2.75) is 18.3 Å². The first-order valence-electron chi connectivity index (χ1n) is 6.39. The van der Waals surface area contributed by atoms with Crippen molar-refractivity contribution < 1.29 is 14.0 Å². The fraction of sp³-hybridized carbons (Fsp3) is 0.200. The predicted molar refractivity (Wildman–Crippen MR) is 81.7 cm³/mol. The largest absolute Gasteiger partial charge is 0.296 e. The number of amides is 2. The van der Waals surface area contributed by atoms with E-state index in [0.717, 1.165) is 14.2 Å². The van der Waals surface area contributed by atoms with Gasteiger partial charge in [0.05, 0.1) is 9.70 Å². The van der Waals surface area contributed by atoms with E-state index >= 15 is 0 Å². The second-order valence-electron chi connectivity index (χ2n) is 4.89. The molecule has 1 aromatic heterocycles. The van der Waals surface area contributed by atoms with Crippen molar-refractivity contribution in [3.63, 3.8) is 0 Å². The van der Waals surface area contributed by atoms with E-state index in [2.05, 4.69) is 21.2 Å². The Morgan fingerprint density at radius 3 is 2.48 bits per heavy atom. The predicted octanol–water partition coefficient (Wildman–Crippen LogP) is 3.56. The molecular formula is C15H11BrFNO2S. The Morgan fingerprint density at radius 1 is 1.14 bits per heavy atom. The summed E-state index contributed by atoms with van der Waals surface area (Å²) in [6.45, 7) is 0. The molecule has 2 heterocycles. The molecule has 0 radical (unpaired) electrons. The normalized spacial score (nSPS) is 22.2. The molecule has 0 spiro atoms. The van der Waals surface area contributed by atoms with Gasteiger partial charge in [0.1, 0.15) is 5.82 Å². The molecular weight excluding hydrogens is 357 g/mol. The number of piperidine rings is 1. The monoisotopic (exact) mass is 367 g/mol. The number of hydrogen-bond donors (Lipinski definition) is 1. The Kier molecular flexibility index (Phi) is 3.91. The first-order valence-corrected chi connectivity index (χ1v) is 8.00. The van der Waals surface area contributed by atoms with Gasteiger partial charge in [0.15, 0.2) is 0 Å². The van der Waals surface area contributed by atoms with E-state index in [1.165, 1.54) is 23.5 Å². The van der Waals surface area contributed by atoms with E-state index in [9.17, 15) is 14.0 Å². The highest BCUT2D eigenvalue weighted by atomic mass is 79.9. The SMILES string of the molecule is O=C1CC(c2ccc(Br)s2)C(c2ccc(F)cc2)C(=O)N1. The molecule has 0 bridgehead atoms. The quantitative estimate of drug-likeness (QED) is 0.824. The van der Waals surface area contributed by atoms with Gasteiger partial charge in [-0.05, 0) is 45.8 Å². The van der Waals surface area contributed by atoms with Crippen LogP contribution in [-0.2, 0) is 9.59 Å². The Bertz CT molecular complexity index is 698. The van der Waals surface area contributed by atoms with Crippen molar-refractivity contribution in [1.29, 1.82) is 0 Å². The number of rotatable bonds is 2. The third-order valence-corrected chi connectivity index (χ3v) is 5.30. The van der Waals surface area contributed by atoms with Gasteiger partial charge in [0, 0.05) is 17.2 Å². The molecule has 0 aliphatic carbocycles. The molecule has 1 saturated heterocycles. The van der Waals surface area contributed by atoms with E-state index in [0.29, 0.717) is 0 Å². The van der Waals surface area contributed by atoms with Crippen molar-refractivity contribution in [2.24, 2.45) is 0 Å². The number of hydrogen-bond acceptors (Lipinski definition) is 3. The number of carbonyl (C=O) groups excluding carboxylic acids is 2. The minimum Gasteiger partial charge on any atom is -0.296 e. The van der Waals surface area contributed by atoms with Crippen LogP contribution in [0.4, 0.5) is 4.39 Å². The van der Waals surface area contributed by atoms with Crippen LogP contribution in [0, 0.1) is 5.82 Å². The van der Waals surface area contributed by atoms with Crippen LogP contribution in [0.15, 0.2) is 40.2 Å². The summed E-state index contributed by atoms with van der Waals surface area (Å²) in [6.07, 6.45) is 0.251. The summed E-state index contributed by atoms with van der Waals surface area (Å²) < 4.78 is 14.0. The molecule has 3 nitrogen and oxygen atoms in total. The Balaban J connectivity index is 2.02. The van der Waals surface area contributed by atoms with Gasteiger partial charge in [-0.25, -0.2) is 4.39 Å². The fourth-order valence-corrected chi connectivity index (χ4v) is 4.17. The maximum atomic E-state index is 13.1. The molecule has 6 heteroatoms. The maximum Gasteiger partial charge on any atom is 0.234 e. The van der Waals surface area contributed by atoms with Crippen LogP contribution >= 0.6 is 27.3 Å². The van der Waals surface area contributed by atoms with Gasteiger partial charge in [0.2, 0.25) is 11.8 Å². The number of carbonyl (C=O) groups is 2. The van der Waals surface area contributed by atoms with E-state index in [1.54, 1.807) is 12.1 Å². The maximum absolute atomic E-state index is 13.1. The molecule has 1 N–H and O–H groups in total. The summed E-state index contributed by atoms with van der Waals surface area (Å²) in [4.78, 5) is 24.9. The fourth-order valence-electron chi connectivity index (χ4n) is 2.61. The number of thiophene rings is 1. The molecule has 2 atom stereocenters. The van der Waals surface area contributed by atoms with Crippen LogP contribution in [-0.4, -0.2) is 11.8 Å². The third kappa shape index (κ3) is 2.91. The lowest BCUT2D eigenvalue weighted by atomic mass is 9.79. The Hall–Kier alpha value is -1.53. The topological polar surface area (TPSA) is 46.2 Å². The van der Waals surface area contributed by atoms with Gasteiger partial charge >= 0.3 is 0 Å². The number of nitrogens with one attached hydrogen (secondary N) is 1. The van der Waals surface area contributed by atoms with Gasteiger partial charge in [-0.1, -0.05) is 12.1 Å². The van der Waals surface area contributed by atoms with Crippen LogP contribution < -0.4 is 5.32 Å². The standard InChI is InChI=1S/C15H11BrFNO2S/c16-12-6-5-11(21-12)10-7-13(19)18-15(20)14(10)8-1-3-9(17)4-2-8/h1-6,10,14H,7H2,(H,18,19,20). The molecule has 2 amide bonds. The third-order valence-electron chi connectivity index (χ3n) is 3.54. The number of imide groups is 1. The van der Waals surface area contributed by atoms with Gasteiger partial charge in [0.25, 0.3) is 0 Å². The van der Waals surface area contributed by atoms with Gasteiger partial charge in [-0.3, -0.25) is 14.9 Å². The molecule has 2 unspecified atom stereocenters. The average Bonchev–Trinajstić information content (AvgIpc) is 2.86. The summed E-state index contributed by atoms with van der Waals surface area (Å²) in [5, 5.41) is 2.37. The lowest BCUT2D eigenvalue weighted by Crippen LogP contribution is -2.43. The van der Waals surface area contributed by atoms with Crippen LogP contribution in [0.5, 0.6) is 0 Å². The summed E-state index contributed by atoms with van der Waals surface area (Å²) in [5.41, 5.74) is 0.718. The molecule has 1 fully saturated rings. The van der Waals surface area contributed by atoms with Crippen molar-refractivity contribution in [3.8, 4) is 0 Å². The number of benzene rings is 1. The molecule has 1 aliphatic rings. The second kappa shape index (κ2) is 5.69. The van der Waals surface area contributed by atoms with E-state index in [4.69, 9.17) is 0 Å². The Morgan fingerprint density at radius 2 is 1.86 bits per heavy atom. The summed E-state index contributed by atoms with van der Waals surface area (Å²) in [7, 11) is 0. The van der Waals surface area contributed by atoms with Gasteiger partial charge in [-0.2, -0.15) is 0 Å². The van der Waals surface area contributed by atoms with Gasteiger partial charge < -0.3 is 0 Å². The van der Waals surface area contributed by atoms with Crippen LogP contribution in [0.2, 0.25) is 0 Å². The molecule has 3 rings (SSSR count). The Labute approximate surface area is 133 Å². The molecule has 1 aliphatic heterocycles.